The first kappa shape index (κ1) is 19.8. The second kappa shape index (κ2) is 7.40. The van der Waals surface area contributed by atoms with Crippen molar-refractivity contribution in [3.05, 3.63) is 39.4 Å². The van der Waals surface area contributed by atoms with Crippen molar-refractivity contribution in [3.63, 3.8) is 0 Å². The summed E-state index contributed by atoms with van der Waals surface area (Å²) >= 11 is 0. The van der Waals surface area contributed by atoms with Gasteiger partial charge in [0.2, 0.25) is 0 Å². The zero-order valence-corrected chi connectivity index (χ0v) is 15.2. The van der Waals surface area contributed by atoms with Gasteiger partial charge < -0.3 is 10.0 Å². The fourth-order valence-electron chi connectivity index (χ4n) is 3.34. The molecule has 0 bridgehead atoms. The Kier molecular flexibility index (Phi) is 5.65. The molecule has 1 amide bonds. The number of amides is 1. The predicted molar refractivity (Wildman–Crippen MR) is 93.0 cm³/mol. The van der Waals surface area contributed by atoms with Crippen LogP contribution in [0.5, 0.6) is 0 Å². The first-order valence-corrected chi connectivity index (χ1v) is 9.96. The zero-order valence-electron chi connectivity index (χ0n) is 14.4. The van der Waals surface area contributed by atoms with Crippen LogP contribution in [0.4, 0.5) is 5.69 Å². The van der Waals surface area contributed by atoms with Gasteiger partial charge in [-0.25, -0.2) is 13.2 Å². The van der Waals surface area contributed by atoms with Gasteiger partial charge in [0.05, 0.1) is 15.7 Å². The van der Waals surface area contributed by atoms with E-state index in [1.54, 1.807) is 0 Å². The van der Waals surface area contributed by atoms with Gasteiger partial charge in [0.1, 0.15) is 0 Å². The molecule has 0 radical (unpaired) electrons. The molecule has 2 rings (SSSR count). The molecule has 1 aliphatic carbocycles. The van der Waals surface area contributed by atoms with E-state index >= 15 is 0 Å². The molecule has 1 fully saturated rings. The molecular weight excluding hydrogens is 364 g/mol. The Hall–Kier alpha value is -2.49. The average Bonchev–Trinajstić information content (AvgIpc) is 2.59. The van der Waals surface area contributed by atoms with Crippen LogP contribution in [0.3, 0.4) is 0 Å². The number of hydrogen-bond acceptors (Lipinski definition) is 6. The van der Waals surface area contributed by atoms with Crippen molar-refractivity contribution < 1.29 is 28.0 Å². The van der Waals surface area contributed by atoms with E-state index in [2.05, 4.69) is 0 Å². The topological polar surface area (TPSA) is 135 Å². The summed E-state index contributed by atoms with van der Waals surface area (Å²) in [6, 6.07) is 2.38. The Morgan fingerprint density at radius 2 is 1.77 bits per heavy atom. The number of carbonyl (C=O) groups excluding carboxylic acids is 1. The number of sulfone groups is 1. The van der Waals surface area contributed by atoms with E-state index in [0.29, 0.717) is 12.8 Å². The van der Waals surface area contributed by atoms with Gasteiger partial charge >= 0.3 is 5.97 Å². The van der Waals surface area contributed by atoms with Crippen molar-refractivity contribution in [3.8, 4) is 0 Å². The van der Waals surface area contributed by atoms with E-state index in [9.17, 15) is 28.1 Å². The second-order valence-corrected chi connectivity index (χ2v) is 8.73. The number of carboxylic acids is 1. The summed E-state index contributed by atoms with van der Waals surface area (Å²) in [5.74, 6) is -2.03. The number of benzene rings is 1. The molecule has 1 aromatic carbocycles. The van der Waals surface area contributed by atoms with Gasteiger partial charge in [0, 0.05) is 37.0 Å². The molecule has 0 heterocycles. The monoisotopic (exact) mass is 384 g/mol. The fourth-order valence-corrected chi connectivity index (χ4v) is 4.82. The fraction of sp³-hybridized carbons (Fsp3) is 0.500. The molecule has 1 aromatic rings. The highest BCUT2D eigenvalue weighted by atomic mass is 32.2. The van der Waals surface area contributed by atoms with E-state index in [4.69, 9.17) is 5.11 Å². The second-order valence-electron chi connectivity index (χ2n) is 6.47. The maximum absolute atomic E-state index is 12.8. The van der Waals surface area contributed by atoms with Crippen LogP contribution in [-0.4, -0.2) is 59.8 Å². The van der Waals surface area contributed by atoms with Crippen molar-refractivity contribution in [2.24, 2.45) is 0 Å². The maximum atomic E-state index is 12.8. The molecule has 10 heteroatoms. The van der Waals surface area contributed by atoms with E-state index < -0.39 is 43.6 Å². The number of carboxylic acid groups (broad SMARTS) is 1. The quantitative estimate of drug-likeness (QED) is 0.603. The highest BCUT2D eigenvalue weighted by Gasteiger charge is 2.37. The molecule has 1 N–H and O–H groups in total. The molecule has 2 atom stereocenters. The van der Waals surface area contributed by atoms with Gasteiger partial charge in [-0.3, -0.25) is 14.9 Å². The molecule has 1 saturated carbocycles. The first-order chi connectivity index (χ1) is 12.0. The number of rotatable bonds is 5. The van der Waals surface area contributed by atoms with Gasteiger partial charge in [0.25, 0.3) is 11.6 Å². The van der Waals surface area contributed by atoms with Crippen LogP contribution in [0.1, 0.15) is 46.4 Å². The van der Waals surface area contributed by atoms with E-state index in [0.717, 1.165) is 37.3 Å². The van der Waals surface area contributed by atoms with Crippen LogP contribution >= 0.6 is 0 Å². The van der Waals surface area contributed by atoms with Gasteiger partial charge in [-0.05, 0) is 18.9 Å². The summed E-state index contributed by atoms with van der Waals surface area (Å²) in [5.41, 5.74) is -1.04. The number of aromatic carboxylic acids is 1. The normalized spacial score (nSPS) is 20.4. The summed E-state index contributed by atoms with van der Waals surface area (Å²) < 4.78 is 24.1. The summed E-state index contributed by atoms with van der Waals surface area (Å²) in [7, 11) is -1.93. The van der Waals surface area contributed by atoms with Crippen molar-refractivity contribution in [2.75, 3.05) is 13.3 Å². The third-order valence-corrected chi connectivity index (χ3v) is 6.31. The molecule has 142 valence electrons. The van der Waals surface area contributed by atoms with Crippen LogP contribution in [0.15, 0.2) is 18.2 Å². The minimum absolute atomic E-state index is 0.156. The SMILES string of the molecule is CN(C(=O)c1cc(C(=O)O)cc([N+](=O)[O-])c1)C1CCCCC1S(C)(=O)=O. The Bertz CT molecular complexity index is 818. The molecule has 0 saturated heterocycles. The van der Waals surface area contributed by atoms with E-state index in [1.165, 1.54) is 11.9 Å². The predicted octanol–water partition coefficient (Wildman–Crippen LogP) is 1.72. The number of non-ortho nitro benzene ring substituents is 1. The number of nitrogens with zero attached hydrogens (tertiary/aromatic N) is 2. The Morgan fingerprint density at radius 1 is 1.19 bits per heavy atom. The van der Waals surface area contributed by atoms with Crippen LogP contribution in [-0.2, 0) is 9.84 Å². The lowest BCUT2D eigenvalue weighted by Gasteiger charge is -2.37. The molecule has 9 nitrogen and oxygen atoms in total. The Balaban J connectivity index is 2.40. The van der Waals surface area contributed by atoms with Gasteiger partial charge in [-0.2, -0.15) is 0 Å². The number of hydrogen-bond donors (Lipinski definition) is 1. The highest BCUT2D eigenvalue weighted by Crippen LogP contribution is 2.29. The first-order valence-electron chi connectivity index (χ1n) is 8.01. The van der Waals surface area contributed by atoms with Crippen molar-refractivity contribution >= 4 is 27.4 Å². The minimum atomic E-state index is -3.38. The molecule has 1 aliphatic rings. The molecule has 26 heavy (non-hydrogen) atoms. The largest absolute Gasteiger partial charge is 0.478 e. The summed E-state index contributed by atoms with van der Waals surface area (Å²) in [5, 5.41) is 19.4. The third kappa shape index (κ3) is 4.18. The molecular formula is C16H20N2O7S. The third-order valence-electron chi connectivity index (χ3n) is 4.66. The summed E-state index contributed by atoms with van der Waals surface area (Å²) in [6.45, 7) is 0. The summed E-state index contributed by atoms with van der Waals surface area (Å²) in [6.07, 6.45) is 3.58. The van der Waals surface area contributed by atoms with Gasteiger partial charge in [0.15, 0.2) is 9.84 Å². The number of carbonyl (C=O) groups is 2. The van der Waals surface area contributed by atoms with E-state index in [-0.39, 0.29) is 11.1 Å². The van der Waals surface area contributed by atoms with E-state index in [1.807, 2.05) is 0 Å². The molecule has 0 aromatic heterocycles. The van der Waals surface area contributed by atoms with Gasteiger partial charge in [-0.15, -0.1) is 0 Å². The summed E-state index contributed by atoms with van der Waals surface area (Å²) in [4.78, 5) is 35.5. The molecule has 0 spiro atoms. The number of nitro benzene ring substituents is 1. The van der Waals surface area contributed by atoms with Crippen molar-refractivity contribution in [2.45, 2.75) is 37.0 Å². The lowest BCUT2D eigenvalue weighted by molar-refractivity contribution is -0.384. The maximum Gasteiger partial charge on any atom is 0.335 e. The lowest BCUT2D eigenvalue weighted by atomic mass is 9.93. The van der Waals surface area contributed by atoms with Gasteiger partial charge in [-0.1, -0.05) is 12.8 Å². The zero-order chi connectivity index (χ0) is 19.6. The van der Waals surface area contributed by atoms with Crippen LogP contribution < -0.4 is 0 Å². The highest BCUT2D eigenvalue weighted by molar-refractivity contribution is 7.91. The standard InChI is InChI=1S/C16H20N2O7S/c1-17(13-5-3-4-6-14(13)26(2,24)25)15(19)10-7-11(16(20)21)9-12(8-10)18(22)23/h7-9,13-14H,3-6H2,1-2H3,(H,20,21). The Morgan fingerprint density at radius 3 is 2.31 bits per heavy atom. The van der Waals surface area contributed by atoms with Crippen LogP contribution in [0, 0.1) is 10.1 Å². The number of nitro groups is 1. The Labute approximate surface area is 150 Å². The van der Waals surface area contributed by atoms with Crippen LogP contribution in [0.25, 0.3) is 0 Å². The minimum Gasteiger partial charge on any atom is -0.478 e. The van der Waals surface area contributed by atoms with Crippen molar-refractivity contribution in [1.29, 1.82) is 0 Å². The van der Waals surface area contributed by atoms with Crippen molar-refractivity contribution in [1.82, 2.24) is 4.90 Å². The average molecular weight is 384 g/mol. The van der Waals surface area contributed by atoms with Crippen LogP contribution in [0.2, 0.25) is 0 Å². The molecule has 2 unspecified atom stereocenters. The smallest absolute Gasteiger partial charge is 0.335 e. The molecule has 0 aliphatic heterocycles. The lowest BCUT2D eigenvalue weighted by Crippen LogP contribution is -2.49.